The molecule has 188 valence electrons. The molecule has 0 saturated carbocycles. The maximum Gasteiger partial charge on any atom is 0.223 e. The van der Waals surface area contributed by atoms with Gasteiger partial charge < -0.3 is 28.8 Å². The van der Waals surface area contributed by atoms with Gasteiger partial charge in [-0.15, -0.1) is 0 Å². The minimum absolute atomic E-state index is 0.00295. The van der Waals surface area contributed by atoms with E-state index in [2.05, 4.69) is 39.0 Å². The smallest absolute Gasteiger partial charge is 0.223 e. The second-order valence-corrected chi connectivity index (χ2v) is 8.98. The number of fused-ring (bicyclic) bond motifs is 3. The van der Waals surface area contributed by atoms with Crippen LogP contribution in [0, 0.1) is 5.92 Å². The molecule has 1 aliphatic rings. The summed E-state index contributed by atoms with van der Waals surface area (Å²) in [7, 11) is 4.80. The topological polar surface area (TPSA) is 77.3 Å². The SMILES string of the molecule is COc1ccc(CCNC(=O)C2CCN(c3nc4ccccc4n4cccc34)CC2)c(OC)c1OC. The number of hydrogen-bond acceptors (Lipinski definition) is 6. The number of piperidine rings is 1. The van der Waals surface area contributed by atoms with Gasteiger partial charge in [0.2, 0.25) is 11.7 Å². The predicted molar refractivity (Wildman–Crippen MR) is 140 cm³/mol. The van der Waals surface area contributed by atoms with E-state index in [1.807, 2.05) is 30.3 Å². The van der Waals surface area contributed by atoms with Crippen molar-refractivity contribution < 1.29 is 19.0 Å². The number of amides is 1. The lowest BCUT2D eigenvalue weighted by Crippen LogP contribution is -2.41. The highest BCUT2D eigenvalue weighted by Gasteiger charge is 2.27. The zero-order valence-corrected chi connectivity index (χ0v) is 21.0. The van der Waals surface area contributed by atoms with E-state index in [0.29, 0.717) is 30.2 Å². The van der Waals surface area contributed by atoms with Crippen molar-refractivity contribution in [1.82, 2.24) is 14.7 Å². The molecule has 1 aliphatic heterocycles. The van der Waals surface area contributed by atoms with Crippen molar-refractivity contribution in [3.63, 3.8) is 0 Å². The highest BCUT2D eigenvalue weighted by atomic mass is 16.5. The van der Waals surface area contributed by atoms with Gasteiger partial charge in [-0.3, -0.25) is 4.79 Å². The van der Waals surface area contributed by atoms with Gasteiger partial charge in [0.1, 0.15) is 0 Å². The highest BCUT2D eigenvalue weighted by Crippen LogP contribution is 2.39. The van der Waals surface area contributed by atoms with Crippen LogP contribution < -0.4 is 24.4 Å². The molecule has 0 unspecified atom stereocenters. The molecule has 0 spiro atoms. The summed E-state index contributed by atoms with van der Waals surface area (Å²) in [5, 5.41) is 3.12. The Morgan fingerprint density at radius 1 is 0.944 bits per heavy atom. The van der Waals surface area contributed by atoms with Crippen LogP contribution in [0.4, 0.5) is 5.82 Å². The third kappa shape index (κ3) is 4.39. The molecule has 2 aromatic heterocycles. The van der Waals surface area contributed by atoms with E-state index in [1.165, 1.54) is 0 Å². The molecule has 0 atom stereocenters. The number of aromatic nitrogens is 2. The molecule has 5 rings (SSSR count). The van der Waals surface area contributed by atoms with Gasteiger partial charge in [0.15, 0.2) is 17.3 Å². The van der Waals surface area contributed by atoms with Crippen LogP contribution in [0.2, 0.25) is 0 Å². The number of ether oxygens (including phenoxy) is 3. The zero-order valence-electron chi connectivity index (χ0n) is 21.0. The van der Waals surface area contributed by atoms with Crippen LogP contribution in [-0.2, 0) is 11.2 Å². The minimum Gasteiger partial charge on any atom is -0.493 e. The van der Waals surface area contributed by atoms with Crippen LogP contribution in [0.15, 0.2) is 54.7 Å². The molecule has 1 fully saturated rings. The molecule has 4 aromatic rings. The second kappa shape index (κ2) is 10.4. The molecule has 1 saturated heterocycles. The summed E-state index contributed by atoms with van der Waals surface area (Å²) >= 11 is 0. The number of anilines is 1. The van der Waals surface area contributed by atoms with E-state index >= 15 is 0 Å². The van der Waals surface area contributed by atoms with Crippen molar-refractivity contribution in [3.8, 4) is 17.2 Å². The Labute approximate surface area is 210 Å². The Hall–Kier alpha value is -3.94. The predicted octanol–water partition coefficient (Wildman–Crippen LogP) is 4.09. The lowest BCUT2D eigenvalue weighted by atomic mass is 9.95. The molecular formula is C28H32N4O4. The average Bonchev–Trinajstić information content (AvgIpc) is 3.42. The van der Waals surface area contributed by atoms with Crippen LogP contribution in [-0.4, -0.2) is 56.3 Å². The number of hydrogen-bond donors (Lipinski definition) is 1. The summed E-state index contributed by atoms with van der Waals surface area (Å²) in [6, 6.07) is 16.2. The summed E-state index contributed by atoms with van der Waals surface area (Å²) in [5.41, 5.74) is 4.13. The fourth-order valence-corrected chi connectivity index (χ4v) is 5.12. The average molecular weight is 489 g/mol. The van der Waals surface area contributed by atoms with Gasteiger partial charge in [-0.25, -0.2) is 4.98 Å². The Morgan fingerprint density at radius 3 is 2.44 bits per heavy atom. The highest BCUT2D eigenvalue weighted by molar-refractivity contribution is 5.85. The summed E-state index contributed by atoms with van der Waals surface area (Å²) < 4.78 is 18.6. The molecule has 3 heterocycles. The Balaban J connectivity index is 1.20. The molecular weight excluding hydrogens is 456 g/mol. The summed E-state index contributed by atoms with van der Waals surface area (Å²) in [5.74, 6) is 2.91. The number of methoxy groups -OCH3 is 3. The number of nitrogens with zero attached hydrogens (tertiary/aromatic N) is 3. The maximum absolute atomic E-state index is 12.9. The first-order valence-corrected chi connectivity index (χ1v) is 12.3. The number of carbonyl (C=O) groups is 1. The fraction of sp³-hybridized carbons (Fsp3) is 0.357. The lowest BCUT2D eigenvalue weighted by Gasteiger charge is -2.32. The van der Waals surface area contributed by atoms with Crippen molar-refractivity contribution in [2.24, 2.45) is 5.92 Å². The quantitative estimate of drug-likeness (QED) is 0.403. The first-order valence-electron chi connectivity index (χ1n) is 12.3. The monoisotopic (exact) mass is 488 g/mol. The zero-order chi connectivity index (χ0) is 25.1. The number of carbonyl (C=O) groups excluding carboxylic acids is 1. The van der Waals surface area contributed by atoms with Crippen LogP contribution in [0.3, 0.4) is 0 Å². The first-order chi connectivity index (χ1) is 17.6. The minimum atomic E-state index is -0.00295. The van der Waals surface area contributed by atoms with E-state index in [9.17, 15) is 4.79 Å². The number of nitrogens with one attached hydrogen (secondary N) is 1. The van der Waals surface area contributed by atoms with E-state index in [1.54, 1.807) is 21.3 Å². The molecule has 2 aromatic carbocycles. The molecule has 0 radical (unpaired) electrons. The van der Waals surface area contributed by atoms with E-state index in [0.717, 1.165) is 53.9 Å². The lowest BCUT2D eigenvalue weighted by molar-refractivity contribution is -0.125. The standard InChI is InChI=1S/C28H32N4O4/c1-34-24-11-10-19(25(35-2)26(24)36-3)12-15-29-28(33)20-13-17-31(18-14-20)27-23-9-6-16-32(23)22-8-5-4-7-21(22)30-27/h4-11,16,20H,12-15,17-18H2,1-3H3,(H,29,33). The fourth-order valence-electron chi connectivity index (χ4n) is 5.12. The number of benzene rings is 2. The first kappa shape index (κ1) is 23.8. The van der Waals surface area contributed by atoms with Gasteiger partial charge in [-0.1, -0.05) is 18.2 Å². The van der Waals surface area contributed by atoms with E-state index in [-0.39, 0.29) is 11.8 Å². The van der Waals surface area contributed by atoms with Gasteiger partial charge in [-0.2, -0.15) is 0 Å². The van der Waals surface area contributed by atoms with Crippen molar-refractivity contribution in [1.29, 1.82) is 0 Å². The van der Waals surface area contributed by atoms with Crippen molar-refractivity contribution in [2.75, 3.05) is 45.9 Å². The summed E-state index contributed by atoms with van der Waals surface area (Å²) in [6.07, 6.45) is 4.32. The number of para-hydroxylation sites is 2. The van der Waals surface area contributed by atoms with Gasteiger partial charge in [0.05, 0.1) is 37.9 Å². The van der Waals surface area contributed by atoms with Gasteiger partial charge in [-0.05, 0) is 49.6 Å². The van der Waals surface area contributed by atoms with Crippen LogP contribution in [0.1, 0.15) is 18.4 Å². The molecule has 1 N–H and O–H groups in total. The van der Waals surface area contributed by atoms with Crippen molar-refractivity contribution in [3.05, 3.63) is 60.3 Å². The van der Waals surface area contributed by atoms with E-state index < -0.39 is 0 Å². The Kier molecular flexibility index (Phi) is 6.84. The van der Waals surface area contributed by atoms with Crippen LogP contribution in [0.5, 0.6) is 17.2 Å². The van der Waals surface area contributed by atoms with Crippen LogP contribution >= 0.6 is 0 Å². The van der Waals surface area contributed by atoms with Gasteiger partial charge in [0.25, 0.3) is 0 Å². The third-order valence-corrected chi connectivity index (χ3v) is 6.99. The normalized spacial score (nSPS) is 14.2. The number of rotatable bonds is 8. The molecule has 1 amide bonds. The summed E-state index contributed by atoms with van der Waals surface area (Å²) in [4.78, 5) is 20.2. The van der Waals surface area contributed by atoms with Crippen LogP contribution in [0.25, 0.3) is 16.6 Å². The largest absolute Gasteiger partial charge is 0.493 e. The molecule has 0 aliphatic carbocycles. The maximum atomic E-state index is 12.9. The van der Waals surface area contributed by atoms with Crippen molar-refractivity contribution >= 4 is 28.3 Å². The van der Waals surface area contributed by atoms with Gasteiger partial charge in [0, 0.05) is 37.3 Å². The third-order valence-electron chi connectivity index (χ3n) is 6.99. The molecule has 36 heavy (non-hydrogen) atoms. The molecule has 0 bridgehead atoms. The van der Waals surface area contributed by atoms with E-state index in [4.69, 9.17) is 19.2 Å². The van der Waals surface area contributed by atoms with Crippen molar-refractivity contribution in [2.45, 2.75) is 19.3 Å². The Morgan fingerprint density at radius 2 is 1.69 bits per heavy atom. The Bertz CT molecular complexity index is 1380. The molecule has 8 heteroatoms. The molecule has 8 nitrogen and oxygen atoms in total. The second-order valence-electron chi connectivity index (χ2n) is 8.98. The van der Waals surface area contributed by atoms with Gasteiger partial charge >= 0.3 is 0 Å². The summed E-state index contributed by atoms with van der Waals surface area (Å²) in [6.45, 7) is 2.13.